The van der Waals surface area contributed by atoms with E-state index in [0.29, 0.717) is 19.6 Å². The average Bonchev–Trinajstić information content (AvgIpc) is 0.815. The number of carbonyl (C=O) groups is 6. The minimum Gasteiger partial charge on any atom is -0.446 e. The number of phosphoric ester groups is 1. The van der Waals surface area contributed by atoms with E-state index in [4.69, 9.17) is 42.0 Å². The highest BCUT2D eigenvalue weighted by Crippen LogP contribution is 2.55. The van der Waals surface area contributed by atoms with Crippen LogP contribution in [0.5, 0.6) is 0 Å². The van der Waals surface area contributed by atoms with Crippen LogP contribution in [0, 0.1) is 0 Å². The molecule has 686 valence electrons. The van der Waals surface area contributed by atoms with E-state index in [2.05, 4.69) is 36.7 Å². The molecule has 0 saturated heterocycles. The first kappa shape index (κ1) is 112. The molecule has 0 bridgehead atoms. The lowest BCUT2D eigenvalue weighted by atomic mass is 10.0. The zero-order valence-electron chi connectivity index (χ0n) is 78.1. The van der Waals surface area contributed by atoms with Crippen LogP contribution in [-0.4, -0.2) is 266 Å². The number of amides is 6. The SMILES string of the molecule is CCCCCCCCCCCCCCCCCCNC(=O)OCC(CC(C[N+](C)(C)C)OP(=O)(OC(CC(COC(=O)NCCCCCCCCCCCCCCCCCC)OC(=O)N(C)C)C[N+](C)(C)C)OC(CC(COC(=O)NCCCCCCCCCCCCCCCCCC)OC(=O)N(C)C)C[N+](C)(C)C)OC(=O)N(C)C. The Morgan fingerprint density at radius 2 is 0.431 bits per heavy atom. The predicted molar refractivity (Wildman–Crippen MR) is 473 cm³/mol. The number of likely N-dealkylation sites (N-methyl/N-ethyl adjacent to an activating group) is 3. The molecule has 0 heterocycles. The van der Waals surface area contributed by atoms with Crippen molar-refractivity contribution < 1.29 is 88.8 Å². The van der Waals surface area contributed by atoms with E-state index < -0.39 is 81.0 Å². The number of unbranched alkanes of at least 4 members (excludes halogenated alkanes) is 45. The first-order valence-corrected chi connectivity index (χ1v) is 48.1. The maximum Gasteiger partial charge on any atom is 0.476 e. The lowest BCUT2D eigenvalue weighted by Gasteiger charge is -2.37. The maximum atomic E-state index is 16.7. The van der Waals surface area contributed by atoms with Gasteiger partial charge in [-0.1, -0.05) is 310 Å². The molecule has 0 aromatic carbocycles. The van der Waals surface area contributed by atoms with Gasteiger partial charge in [0.2, 0.25) is 0 Å². The lowest BCUT2D eigenvalue weighted by molar-refractivity contribution is -0.874. The van der Waals surface area contributed by atoms with Crippen LogP contribution in [0.25, 0.3) is 0 Å². The van der Waals surface area contributed by atoms with Gasteiger partial charge in [-0.15, -0.1) is 0 Å². The third-order valence-corrected chi connectivity index (χ3v) is 22.3. The van der Waals surface area contributed by atoms with Crippen LogP contribution in [0.3, 0.4) is 0 Å². The van der Waals surface area contributed by atoms with E-state index in [9.17, 15) is 28.8 Å². The molecule has 0 saturated carbocycles. The molecule has 0 spiro atoms. The number of hydrogen-bond donors (Lipinski definition) is 3. The highest BCUT2D eigenvalue weighted by Gasteiger charge is 2.44. The number of nitrogens with zero attached hydrogens (tertiary/aromatic N) is 6. The van der Waals surface area contributed by atoms with Gasteiger partial charge in [-0.3, -0.25) is 13.6 Å². The number of carbonyl (C=O) groups excluding carboxylic acids is 6. The van der Waals surface area contributed by atoms with Crippen LogP contribution in [0.2, 0.25) is 0 Å². The van der Waals surface area contributed by atoms with Crippen molar-refractivity contribution in [2.24, 2.45) is 0 Å². The smallest absolute Gasteiger partial charge is 0.446 e. The number of rotatable bonds is 78. The summed E-state index contributed by atoms with van der Waals surface area (Å²) in [6.45, 7) is 7.17. The first-order chi connectivity index (χ1) is 55.2. The van der Waals surface area contributed by atoms with E-state index in [-0.39, 0.29) is 72.2 Å². The van der Waals surface area contributed by atoms with E-state index >= 15 is 4.57 Å². The quantitative estimate of drug-likeness (QED) is 0.0222. The summed E-state index contributed by atoms with van der Waals surface area (Å²) in [4.78, 5) is 85.0. The molecular formula is C90H183N9O16P+3. The molecular weight excluding hydrogens is 1490 g/mol. The Kier molecular flexibility index (Phi) is 68.5. The standard InChI is InChI=1S/C90H180N9O16P/c1-19-22-25-28-31-34-37-40-43-46-49-52-55-58-61-64-67-91-85(100)107-76-82(110-88(103)94(4)5)70-79(73-97(10,11)12)113-116(106,114-80(74-98(13,14)15)71-83(111-89(104)95(6)7)77-108-86(101)92-68-65-62-59-56-53-50-47-44-41-38-35-32-29-26-23-20-2)115-81(75-99(16,17)18)72-84(112-90(105)96(8)9)78-109-87(102)93-69-66-63-60-57-54-51-48-45-42-39-36-33-30-27-24-21-3/h79-84H,19-78H2,1-18H3/p+3. The second-order valence-electron chi connectivity index (χ2n) is 36.9. The Hall–Kier alpha value is -4.39. The fourth-order valence-electron chi connectivity index (χ4n) is 14.2. The van der Waals surface area contributed by atoms with Crippen LogP contribution in [0.15, 0.2) is 0 Å². The summed E-state index contributed by atoms with van der Waals surface area (Å²) in [6.07, 6.45) is 47.6. The highest BCUT2D eigenvalue weighted by atomic mass is 31.2. The minimum atomic E-state index is -5.06. The van der Waals surface area contributed by atoms with Gasteiger partial charge < -0.3 is 72.5 Å². The van der Waals surface area contributed by atoms with Gasteiger partial charge in [-0.05, 0) is 19.3 Å². The Bertz CT molecular complexity index is 2190. The molecule has 3 N–H and O–H groups in total. The zero-order valence-corrected chi connectivity index (χ0v) is 78.9. The molecule has 0 fully saturated rings. The maximum absolute atomic E-state index is 16.7. The molecule has 6 amide bonds. The molecule has 116 heavy (non-hydrogen) atoms. The van der Waals surface area contributed by atoms with Gasteiger partial charge in [0, 0.05) is 81.2 Å². The fourth-order valence-corrected chi connectivity index (χ4v) is 15.9. The molecule has 0 aliphatic heterocycles. The average molecular weight is 1680 g/mol. The molecule has 0 aliphatic carbocycles. The number of nitrogens with one attached hydrogen (secondary N) is 3. The van der Waals surface area contributed by atoms with Gasteiger partial charge in [0.15, 0.2) is 0 Å². The van der Waals surface area contributed by atoms with Crippen molar-refractivity contribution in [3.8, 4) is 0 Å². The van der Waals surface area contributed by atoms with Crippen molar-refractivity contribution >= 4 is 44.4 Å². The summed E-state index contributed by atoms with van der Waals surface area (Å²) in [5.41, 5.74) is 0. The number of quaternary nitrogens is 3. The number of ether oxygens (including phenoxy) is 6. The molecule has 25 nitrogen and oxygen atoms in total. The molecule has 0 aromatic heterocycles. The lowest BCUT2D eigenvalue weighted by Crippen LogP contribution is -2.47. The predicted octanol–water partition coefficient (Wildman–Crippen LogP) is 21.7. The van der Waals surface area contributed by atoms with Crippen molar-refractivity contribution in [1.82, 2.24) is 30.7 Å². The monoisotopic (exact) mass is 1680 g/mol. The summed E-state index contributed by atoms with van der Waals surface area (Å²) in [5.74, 6) is 0. The number of alkyl carbamates (subject to hydrolysis) is 3. The van der Waals surface area contributed by atoms with Gasteiger partial charge in [0.25, 0.3) is 0 Å². The van der Waals surface area contributed by atoms with Crippen molar-refractivity contribution in [3.05, 3.63) is 0 Å². The summed E-state index contributed by atoms with van der Waals surface area (Å²) in [6, 6.07) is 0. The normalized spacial score (nSPS) is 14.0. The molecule has 6 atom stereocenters. The second kappa shape index (κ2) is 71.2. The van der Waals surface area contributed by atoms with Gasteiger partial charge in [-0.2, -0.15) is 0 Å². The van der Waals surface area contributed by atoms with Crippen LogP contribution < -0.4 is 16.0 Å². The fraction of sp³-hybridized carbons (Fsp3) is 0.933. The molecule has 0 radical (unpaired) electrons. The molecule has 6 unspecified atom stereocenters. The van der Waals surface area contributed by atoms with Crippen LogP contribution in [-0.2, 0) is 46.6 Å². The van der Waals surface area contributed by atoms with E-state index in [0.717, 1.165) is 77.0 Å². The van der Waals surface area contributed by atoms with Gasteiger partial charge in [0.1, 0.15) is 76.1 Å². The second-order valence-corrected chi connectivity index (χ2v) is 38.5. The Morgan fingerprint density at radius 1 is 0.267 bits per heavy atom. The van der Waals surface area contributed by atoms with Crippen molar-refractivity contribution in [2.75, 3.05) is 165 Å². The van der Waals surface area contributed by atoms with Crippen molar-refractivity contribution in [1.29, 1.82) is 0 Å². The van der Waals surface area contributed by atoms with Crippen LogP contribution >= 0.6 is 7.82 Å². The number of phosphoric acid groups is 1. The summed E-state index contributed by atoms with van der Waals surface area (Å²) in [7, 11) is 21.4. The largest absolute Gasteiger partial charge is 0.476 e. The van der Waals surface area contributed by atoms with Crippen LogP contribution in [0.1, 0.15) is 348 Å². The molecule has 0 aliphatic rings. The highest BCUT2D eigenvalue weighted by molar-refractivity contribution is 7.48. The minimum absolute atomic E-state index is 0.120. The van der Waals surface area contributed by atoms with Crippen LogP contribution in [0.4, 0.5) is 28.8 Å². The Morgan fingerprint density at radius 3 is 0.586 bits per heavy atom. The summed E-state index contributed by atoms with van der Waals surface area (Å²) < 4.78 is 73.6. The van der Waals surface area contributed by atoms with E-state index in [1.165, 1.54) is 288 Å². The number of hydrogen-bond acceptors (Lipinski definition) is 16. The van der Waals surface area contributed by atoms with Gasteiger partial charge >= 0.3 is 44.4 Å². The third-order valence-electron chi connectivity index (χ3n) is 20.7. The first-order valence-electron chi connectivity index (χ1n) is 46.6. The summed E-state index contributed by atoms with van der Waals surface area (Å²) in [5, 5.41) is 8.60. The molecule has 26 heteroatoms. The topological polar surface area (TPSA) is 248 Å². The van der Waals surface area contributed by atoms with Gasteiger partial charge in [0.05, 0.1) is 63.4 Å². The molecule has 0 aromatic rings. The Balaban J connectivity index is 7.04. The van der Waals surface area contributed by atoms with Crippen molar-refractivity contribution in [3.63, 3.8) is 0 Å². The van der Waals surface area contributed by atoms with E-state index in [1.54, 1.807) is 0 Å². The third kappa shape index (κ3) is 72.4. The Labute approximate surface area is 710 Å². The zero-order chi connectivity index (χ0) is 86.6. The summed E-state index contributed by atoms with van der Waals surface area (Å²) >= 11 is 0. The van der Waals surface area contributed by atoms with Gasteiger partial charge in [-0.25, -0.2) is 33.3 Å². The van der Waals surface area contributed by atoms with E-state index in [1.807, 2.05) is 63.4 Å². The van der Waals surface area contributed by atoms with Crippen molar-refractivity contribution in [2.45, 2.75) is 385 Å². The molecule has 0 rings (SSSR count).